The SMILES string of the molecule is C/C=S(\NCCNc1nccc(-c2c(-c3cccc(O)c3)nc3sccn23)n1)c1ccc(F)cc1. The van der Waals surface area contributed by atoms with Crippen molar-refractivity contribution in [3.05, 3.63) is 78.2 Å². The summed E-state index contributed by atoms with van der Waals surface area (Å²) in [6.07, 6.45) is 3.69. The van der Waals surface area contributed by atoms with E-state index in [4.69, 9.17) is 9.97 Å². The zero-order valence-corrected chi connectivity index (χ0v) is 20.5. The number of anilines is 1. The van der Waals surface area contributed by atoms with Gasteiger partial charge in [0.2, 0.25) is 5.95 Å². The molecular formula is C25H23FN6OS2. The average Bonchev–Trinajstić information content (AvgIpc) is 3.47. The van der Waals surface area contributed by atoms with Gasteiger partial charge in [0, 0.05) is 41.3 Å². The van der Waals surface area contributed by atoms with Crippen LogP contribution in [0.1, 0.15) is 6.92 Å². The lowest BCUT2D eigenvalue weighted by Crippen LogP contribution is -2.19. The number of nitrogens with one attached hydrogen (secondary N) is 2. The largest absolute Gasteiger partial charge is 0.508 e. The second-order valence-electron chi connectivity index (χ2n) is 7.53. The van der Waals surface area contributed by atoms with Gasteiger partial charge in [-0.15, -0.1) is 11.3 Å². The van der Waals surface area contributed by atoms with Crippen molar-refractivity contribution in [2.45, 2.75) is 11.8 Å². The van der Waals surface area contributed by atoms with E-state index in [9.17, 15) is 9.50 Å². The minimum absolute atomic E-state index is 0.186. The predicted octanol–water partition coefficient (Wildman–Crippen LogP) is 5.43. The number of aromatic hydroxyl groups is 1. The highest BCUT2D eigenvalue weighted by molar-refractivity contribution is 8.13. The van der Waals surface area contributed by atoms with Gasteiger partial charge >= 0.3 is 0 Å². The molecule has 0 saturated carbocycles. The molecule has 0 saturated heterocycles. The fourth-order valence-electron chi connectivity index (χ4n) is 3.68. The maximum atomic E-state index is 13.2. The van der Waals surface area contributed by atoms with Gasteiger partial charge < -0.3 is 10.4 Å². The van der Waals surface area contributed by atoms with Crippen molar-refractivity contribution in [3.8, 4) is 28.4 Å². The van der Waals surface area contributed by atoms with Gasteiger partial charge in [-0.1, -0.05) is 22.8 Å². The van der Waals surface area contributed by atoms with E-state index in [-0.39, 0.29) is 22.2 Å². The number of phenolic OH excluding ortho intramolecular Hbond substituents is 1. The summed E-state index contributed by atoms with van der Waals surface area (Å²) >= 11 is 1.54. The van der Waals surface area contributed by atoms with Crippen molar-refractivity contribution < 1.29 is 9.50 Å². The molecule has 7 nitrogen and oxygen atoms in total. The van der Waals surface area contributed by atoms with Crippen LogP contribution < -0.4 is 10.0 Å². The molecule has 0 aliphatic carbocycles. The van der Waals surface area contributed by atoms with Crippen molar-refractivity contribution >= 4 is 38.3 Å². The maximum Gasteiger partial charge on any atom is 0.223 e. The van der Waals surface area contributed by atoms with E-state index < -0.39 is 0 Å². The first-order valence-corrected chi connectivity index (χ1v) is 13.1. The first kappa shape index (κ1) is 23.2. The van der Waals surface area contributed by atoms with Crippen LogP contribution in [-0.4, -0.2) is 42.9 Å². The summed E-state index contributed by atoms with van der Waals surface area (Å²) in [6.45, 7) is 3.27. The third kappa shape index (κ3) is 5.09. The topological polar surface area (TPSA) is 87.4 Å². The Balaban J connectivity index is 1.33. The average molecular weight is 507 g/mol. The lowest BCUT2D eigenvalue weighted by Gasteiger charge is -2.12. The summed E-state index contributed by atoms with van der Waals surface area (Å²) < 4.78 is 18.7. The molecule has 2 aromatic carbocycles. The Hall–Kier alpha value is -3.60. The molecule has 3 N–H and O–H groups in total. The number of nitrogens with zero attached hydrogens (tertiary/aromatic N) is 4. The van der Waals surface area contributed by atoms with E-state index in [0.29, 0.717) is 19.0 Å². The Morgan fingerprint density at radius 2 is 1.97 bits per heavy atom. The number of fused-ring (bicyclic) bond motifs is 1. The summed E-state index contributed by atoms with van der Waals surface area (Å²) in [5.41, 5.74) is 3.14. The summed E-state index contributed by atoms with van der Waals surface area (Å²) in [7, 11) is -0.280. The summed E-state index contributed by atoms with van der Waals surface area (Å²) in [6, 6.07) is 15.5. The number of hydrogen-bond acceptors (Lipinski definition) is 7. The van der Waals surface area contributed by atoms with Gasteiger partial charge in [0.25, 0.3) is 0 Å². The third-order valence-electron chi connectivity index (χ3n) is 5.25. The zero-order valence-electron chi connectivity index (χ0n) is 18.9. The lowest BCUT2D eigenvalue weighted by atomic mass is 10.1. The molecule has 1 unspecified atom stereocenters. The van der Waals surface area contributed by atoms with Crippen molar-refractivity contribution in [1.29, 1.82) is 0 Å². The van der Waals surface area contributed by atoms with Crippen LogP contribution in [0.5, 0.6) is 5.75 Å². The third-order valence-corrected chi connectivity index (χ3v) is 7.77. The Kier molecular flexibility index (Phi) is 6.84. The summed E-state index contributed by atoms with van der Waals surface area (Å²) in [5, 5.41) is 17.3. The van der Waals surface area contributed by atoms with Crippen LogP contribution in [0.2, 0.25) is 0 Å². The normalized spacial score (nSPS) is 12.3. The van der Waals surface area contributed by atoms with Crippen molar-refractivity contribution in [1.82, 2.24) is 24.1 Å². The van der Waals surface area contributed by atoms with E-state index in [0.717, 1.165) is 32.5 Å². The molecule has 0 aliphatic heterocycles. The Morgan fingerprint density at radius 1 is 1.11 bits per heavy atom. The molecule has 0 aliphatic rings. The quantitative estimate of drug-likeness (QED) is 0.192. The number of phenols is 1. The zero-order chi connectivity index (χ0) is 24.2. The van der Waals surface area contributed by atoms with Gasteiger partial charge in [-0.25, -0.2) is 19.3 Å². The number of rotatable bonds is 8. The molecule has 35 heavy (non-hydrogen) atoms. The Labute approximate surface area is 208 Å². The van der Waals surface area contributed by atoms with Gasteiger partial charge in [0.05, 0.1) is 11.4 Å². The number of hydrogen-bond donors (Lipinski definition) is 3. The molecule has 5 aromatic rings. The van der Waals surface area contributed by atoms with Crippen LogP contribution in [0.15, 0.2) is 77.3 Å². The van der Waals surface area contributed by atoms with Crippen LogP contribution >= 0.6 is 22.0 Å². The molecule has 3 aromatic heterocycles. The minimum Gasteiger partial charge on any atom is -0.508 e. The van der Waals surface area contributed by atoms with Gasteiger partial charge in [0.1, 0.15) is 17.3 Å². The second kappa shape index (κ2) is 10.3. The second-order valence-corrected chi connectivity index (χ2v) is 10.3. The summed E-state index contributed by atoms with van der Waals surface area (Å²) in [4.78, 5) is 15.8. The molecule has 3 heterocycles. The van der Waals surface area contributed by atoms with Crippen LogP contribution in [0.3, 0.4) is 0 Å². The standard InChI is InChI=1S/C25H23FN6OS2/c1-2-35(20-8-6-18(26)7-9-20)29-13-12-28-24-27-11-10-21(30-24)23-22(17-4-3-5-19(33)16-17)31-25-32(23)14-15-34-25/h2-11,14-16,29,33H,12-13H2,1H3,(H,27,28,30). The smallest absolute Gasteiger partial charge is 0.223 e. The lowest BCUT2D eigenvalue weighted by molar-refractivity contribution is 0.475. The maximum absolute atomic E-state index is 13.2. The molecular weight excluding hydrogens is 483 g/mol. The number of aromatic nitrogens is 4. The van der Waals surface area contributed by atoms with Gasteiger partial charge in [0.15, 0.2) is 4.96 Å². The van der Waals surface area contributed by atoms with Crippen LogP contribution in [0.25, 0.3) is 27.6 Å². The first-order chi connectivity index (χ1) is 17.1. The Morgan fingerprint density at radius 3 is 2.77 bits per heavy atom. The van der Waals surface area contributed by atoms with Crippen molar-refractivity contribution in [2.24, 2.45) is 0 Å². The molecule has 5 rings (SSSR count). The first-order valence-electron chi connectivity index (χ1n) is 11.0. The monoisotopic (exact) mass is 506 g/mol. The highest BCUT2D eigenvalue weighted by Crippen LogP contribution is 2.34. The van der Waals surface area contributed by atoms with Crippen LogP contribution in [-0.2, 0) is 0 Å². The molecule has 0 amide bonds. The fraction of sp³-hybridized carbons (Fsp3) is 0.120. The van der Waals surface area contributed by atoms with Gasteiger partial charge in [-0.2, -0.15) is 0 Å². The molecule has 0 spiro atoms. The number of thiazole rings is 1. The van der Waals surface area contributed by atoms with Gasteiger partial charge in [-0.05, 0) is 54.8 Å². The molecule has 1 atom stereocenters. The highest BCUT2D eigenvalue weighted by atomic mass is 32.2. The molecule has 10 heteroatoms. The number of benzene rings is 2. The number of imidazole rings is 1. The van der Waals surface area contributed by atoms with E-state index in [2.05, 4.69) is 20.4 Å². The van der Waals surface area contributed by atoms with Crippen molar-refractivity contribution in [3.63, 3.8) is 0 Å². The molecule has 0 bridgehead atoms. The summed E-state index contributed by atoms with van der Waals surface area (Å²) in [5.74, 6) is 0.460. The minimum atomic E-state index is -0.280. The van der Waals surface area contributed by atoms with Crippen molar-refractivity contribution in [2.75, 3.05) is 18.4 Å². The molecule has 178 valence electrons. The highest BCUT2D eigenvalue weighted by Gasteiger charge is 2.18. The van der Waals surface area contributed by atoms with E-state index in [1.165, 1.54) is 23.5 Å². The van der Waals surface area contributed by atoms with Crippen LogP contribution in [0, 0.1) is 5.82 Å². The molecule has 0 fully saturated rings. The van der Waals surface area contributed by atoms with E-state index in [1.807, 2.05) is 35.0 Å². The fourth-order valence-corrected chi connectivity index (χ4v) is 5.75. The molecule has 0 radical (unpaired) electrons. The van der Waals surface area contributed by atoms with E-state index >= 15 is 0 Å². The van der Waals surface area contributed by atoms with Crippen LogP contribution in [0.4, 0.5) is 10.3 Å². The Bertz CT molecular complexity index is 1500. The van der Waals surface area contributed by atoms with E-state index in [1.54, 1.807) is 36.5 Å². The van der Waals surface area contributed by atoms with Gasteiger partial charge in [-0.3, -0.25) is 9.12 Å². The number of halogens is 1. The predicted molar refractivity (Wildman–Crippen MR) is 142 cm³/mol.